The highest BCUT2D eigenvalue weighted by atomic mass is 32.2. The van der Waals surface area contributed by atoms with Gasteiger partial charge in [-0.05, 0) is 6.07 Å². The van der Waals surface area contributed by atoms with Gasteiger partial charge in [-0.15, -0.1) is 0 Å². The van der Waals surface area contributed by atoms with Gasteiger partial charge in [0.25, 0.3) is 10.2 Å². The van der Waals surface area contributed by atoms with Gasteiger partial charge in [0.05, 0.1) is 6.26 Å². The summed E-state index contributed by atoms with van der Waals surface area (Å²) in [5, 5.41) is 0.963. The molecule has 0 saturated carbocycles. The first-order chi connectivity index (χ1) is 8.59. The van der Waals surface area contributed by atoms with Crippen LogP contribution in [0, 0.1) is 0 Å². The predicted octanol–water partition coefficient (Wildman–Crippen LogP) is 1.43. The van der Waals surface area contributed by atoms with Crippen LogP contribution in [-0.4, -0.2) is 37.2 Å². The van der Waals surface area contributed by atoms with Gasteiger partial charge in [0.15, 0.2) is 0 Å². The molecule has 18 heavy (non-hydrogen) atoms. The molecule has 2 heterocycles. The van der Waals surface area contributed by atoms with E-state index in [2.05, 4.69) is 0 Å². The second-order valence-corrected chi connectivity index (χ2v) is 6.46. The normalized spacial score (nSPS) is 16.6. The van der Waals surface area contributed by atoms with Crippen LogP contribution in [-0.2, 0) is 16.8 Å². The molecule has 1 aliphatic rings. The molecule has 0 atom stereocenters. The van der Waals surface area contributed by atoms with Gasteiger partial charge >= 0.3 is 0 Å². The number of furan rings is 1. The second kappa shape index (κ2) is 4.08. The average Bonchev–Trinajstić information content (AvgIpc) is 3.14. The zero-order valence-electron chi connectivity index (χ0n) is 10.0. The van der Waals surface area contributed by atoms with E-state index in [4.69, 9.17) is 4.42 Å². The van der Waals surface area contributed by atoms with Gasteiger partial charge in [-0.1, -0.05) is 18.2 Å². The molecule has 2 aromatic rings. The van der Waals surface area contributed by atoms with Crippen molar-refractivity contribution in [3.8, 4) is 0 Å². The van der Waals surface area contributed by atoms with Crippen molar-refractivity contribution >= 4 is 21.2 Å². The minimum Gasteiger partial charge on any atom is -0.464 e. The summed E-state index contributed by atoms with van der Waals surface area (Å²) in [5.74, 6) is 0. The van der Waals surface area contributed by atoms with Gasteiger partial charge in [-0.25, -0.2) is 0 Å². The predicted molar refractivity (Wildman–Crippen MR) is 68.2 cm³/mol. The molecule has 1 fully saturated rings. The molecule has 0 aliphatic carbocycles. The topological polar surface area (TPSA) is 53.5 Å². The summed E-state index contributed by atoms with van der Waals surface area (Å²) in [4.78, 5) is 0. The van der Waals surface area contributed by atoms with Crippen molar-refractivity contribution in [3.05, 3.63) is 36.1 Å². The average molecular weight is 266 g/mol. The molecule has 1 aliphatic heterocycles. The molecule has 96 valence electrons. The van der Waals surface area contributed by atoms with Crippen molar-refractivity contribution in [1.82, 2.24) is 8.61 Å². The van der Waals surface area contributed by atoms with Crippen molar-refractivity contribution in [3.63, 3.8) is 0 Å². The highest BCUT2D eigenvalue weighted by Crippen LogP contribution is 2.24. The van der Waals surface area contributed by atoms with E-state index in [0.29, 0.717) is 19.6 Å². The van der Waals surface area contributed by atoms with Crippen LogP contribution >= 0.6 is 0 Å². The molecule has 6 heteroatoms. The Labute approximate surface area is 106 Å². The maximum atomic E-state index is 12.0. The van der Waals surface area contributed by atoms with Gasteiger partial charge in [0.2, 0.25) is 0 Å². The second-order valence-electron chi connectivity index (χ2n) is 4.42. The van der Waals surface area contributed by atoms with Crippen molar-refractivity contribution in [2.45, 2.75) is 6.54 Å². The third kappa shape index (κ3) is 1.92. The van der Waals surface area contributed by atoms with Gasteiger partial charge in [0, 0.05) is 37.6 Å². The molecular formula is C12H14N2O3S. The lowest BCUT2D eigenvalue weighted by atomic mass is 10.2. The standard InChI is InChI=1S/C12H14N2O3S/c1-13(18(15,16)14-6-7-14)8-10-9-17-12-5-3-2-4-11(10)12/h2-5,9H,6-8H2,1H3. The number of fused-ring (bicyclic) bond motifs is 1. The van der Waals surface area contributed by atoms with Crippen LogP contribution < -0.4 is 0 Å². The van der Waals surface area contributed by atoms with E-state index < -0.39 is 10.2 Å². The quantitative estimate of drug-likeness (QED) is 0.787. The first kappa shape index (κ1) is 11.7. The molecule has 5 nitrogen and oxygen atoms in total. The Balaban J connectivity index is 1.88. The molecule has 1 aromatic carbocycles. The number of hydrogen-bond donors (Lipinski definition) is 0. The van der Waals surface area contributed by atoms with Gasteiger partial charge in [-0.2, -0.15) is 17.0 Å². The van der Waals surface area contributed by atoms with E-state index in [1.807, 2.05) is 24.3 Å². The number of rotatable bonds is 4. The van der Waals surface area contributed by atoms with Crippen LogP contribution in [0.2, 0.25) is 0 Å². The minimum atomic E-state index is -3.29. The lowest BCUT2D eigenvalue weighted by Crippen LogP contribution is -2.31. The highest BCUT2D eigenvalue weighted by molar-refractivity contribution is 7.86. The zero-order valence-corrected chi connectivity index (χ0v) is 10.9. The van der Waals surface area contributed by atoms with E-state index >= 15 is 0 Å². The minimum absolute atomic E-state index is 0.329. The molecule has 3 rings (SSSR count). The Kier molecular flexibility index (Phi) is 2.65. The fraction of sp³-hybridized carbons (Fsp3) is 0.333. The van der Waals surface area contributed by atoms with Crippen LogP contribution in [0.3, 0.4) is 0 Å². The molecule has 0 radical (unpaired) electrons. The molecular weight excluding hydrogens is 252 g/mol. The van der Waals surface area contributed by atoms with Crippen molar-refractivity contribution in [1.29, 1.82) is 0 Å². The summed E-state index contributed by atoms with van der Waals surface area (Å²) in [6, 6.07) is 7.62. The third-order valence-electron chi connectivity index (χ3n) is 3.08. The summed E-state index contributed by atoms with van der Waals surface area (Å²) >= 11 is 0. The maximum Gasteiger partial charge on any atom is 0.282 e. The zero-order chi connectivity index (χ0) is 12.8. The molecule has 0 unspecified atom stereocenters. The summed E-state index contributed by atoms with van der Waals surface area (Å²) in [7, 11) is -1.69. The summed E-state index contributed by atoms with van der Waals surface area (Å²) in [6.07, 6.45) is 1.62. The summed E-state index contributed by atoms with van der Waals surface area (Å²) in [6.45, 7) is 1.58. The first-order valence-corrected chi connectivity index (χ1v) is 7.15. The van der Waals surface area contributed by atoms with E-state index in [1.54, 1.807) is 13.3 Å². The van der Waals surface area contributed by atoms with Crippen LogP contribution in [0.4, 0.5) is 0 Å². The lowest BCUT2D eigenvalue weighted by Gasteiger charge is -2.16. The Morgan fingerprint density at radius 2 is 2.06 bits per heavy atom. The Hall–Kier alpha value is -1.37. The largest absolute Gasteiger partial charge is 0.464 e. The summed E-state index contributed by atoms with van der Waals surface area (Å²) < 4.78 is 32.2. The number of benzene rings is 1. The third-order valence-corrected chi connectivity index (χ3v) is 5.02. The van der Waals surface area contributed by atoms with Crippen LogP contribution in [0.25, 0.3) is 11.0 Å². The Morgan fingerprint density at radius 1 is 1.33 bits per heavy atom. The fourth-order valence-electron chi connectivity index (χ4n) is 1.95. The fourth-order valence-corrected chi connectivity index (χ4v) is 3.18. The monoisotopic (exact) mass is 266 g/mol. The molecule has 0 N–H and O–H groups in total. The van der Waals surface area contributed by atoms with Crippen molar-refractivity contribution in [2.24, 2.45) is 0 Å². The SMILES string of the molecule is CN(Cc1coc2ccccc12)S(=O)(=O)N1CC1. The highest BCUT2D eigenvalue weighted by Gasteiger charge is 2.35. The molecule has 0 amide bonds. The van der Waals surface area contributed by atoms with Crippen molar-refractivity contribution < 1.29 is 12.8 Å². The molecule has 1 saturated heterocycles. The Morgan fingerprint density at radius 3 is 2.78 bits per heavy atom. The van der Waals surface area contributed by atoms with Gasteiger partial charge in [-0.3, -0.25) is 0 Å². The van der Waals surface area contributed by atoms with Gasteiger partial charge in [0.1, 0.15) is 5.58 Å². The van der Waals surface area contributed by atoms with Crippen LogP contribution in [0.5, 0.6) is 0 Å². The molecule has 1 aromatic heterocycles. The molecule has 0 spiro atoms. The smallest absolute Gasteiger partial charge is 0.282 e. The maximum absolute atomic E-state index is 12.0. The first-order valence-electron chi connectivity index (χ1n) is 5.75. The van der Waals surface area contributed by atoms with E-state index in [1.165, 1.54) is 8.61 Å². The van der Waals surface area contributed by atoms with Crippen LogP contribution in [0.1, 0.15) is 5.56 Å². The number of nitrogens with zero attached hydrogens (tertiary/aromatic N) is 2. The lowest BCUT2D eigenvalue weighted by molar-refractivity contribution is 0.438. The number of para-hydroxylation sites is 1. The van der Waals surface area contributed by atoms with Gasteiger partial charge < -0.3 is 4.42 Å². The van der Waals surface area contributed by atoms with E-state index in [-0.39, 0.29) is 0 Å². The van der Waals surface area contributed by atoms with E-state index in [0.717, 1.165) is 16.5 Å². The summed E-state index contributed by atoms with van der Waals surface area (Å²) in [5.41, 5.74) is 1.67. The Bertz CT molecular complexity index is 673. The number of hydrogen-bond acceptors (Lipinski definition) is 3. The van der Waals surface area contributed by atoms with Crippen LogP contribution in [0.15, 0.2) is 34.9 Å². The molecule has 0 bridgehead atoms. The van der Waals surface area contributed by atoms with Crippen molar-refractivity contribution in [2.75, 3.05) is 20.1 Å². The van der Waals surface area contributed by atoms with E-state index in [9.17, 15) is 8.42 Å².